The van der Waals surface area contributed by atoms with Crippen LogP contribution in [0.3, 0.4) is 0 Å². The molecule has 0 saturated heterocycles. The van der Waals surface area contributed by atoms with Gasteiger partial charge in [0.2, 0.25) is 0 Å². The van der Waals surface area contributed by atoms with Gasteiger partial charge in [0.25, 0.3) is 0 Å². The van der Waals surface area contributed by atoms with Crippen molar-refractivity contribution in [2.75, 3.05) is 0 Å². The van der Waals surface area contributed by atoms with Crippen LogP contribution in [0.5, 0.6) is 0 Å². The van der Waals surface area contributed by atoms with Crippen molar-refractivity contribution < 1.29 is 21.1 Å². The molecule has 0 bridgehead atoms. The fourth-order valence-corrected chi connectivity index (χ4v) is 2.55. The number of fused-ring (bicyclic) bond motifs is 1. The number of thiophene rings is 1. The van der Waals surface area contributed by atoms with E-state index in [1.54, 1.807) is 22.9 Å². The van der Waals surface area contributed by atoms with E-state index in [0.29, 0.717) is 0 Å². The maximum absolute atomic E-state index is 4.21. The number of hydrogen-bond acceptors (Lipinski definition) is 3. The Balaban J connectivity index is 0.000000500. The van der Waals surface area contributed by atoms with Crippen molar-refractivity contribution in [2.24, 2.45) is 0 Å². The summed E-state index contributed by atoms with van der Waals surface area (Å²) in [5.41, 5.74) is 1.16. The fraction of sp³-hybridized carbons (Fsp3) is 0.167. The summed E-state index contributed by atoms with van der Waals surface area (Å²) in [6.07, 6.45) is 0. The van der Waals surface area contributed by atoms with Gasteiger partial charge in [0.1, 0.15) is 4.01 Å². The molecule has 0 spiro atoms. The van der Waals surface area contributed by atoms with Crippen LogP contribution in [0.2, 0.25) is 0 Å². The van der Waals surface area contributed by atoms with Gasteiger partial charge in [-0.1, -0.05) is 0 Å². The Hall–Kier alpha value is 0.278. The summed E-state index contributed by atoms with van der Waals surface area (Å²) in [4.78, 5) is 0. The molecule has 2 heterocycles. The van der Waals surface area contributed by atoms with E-state index in [4.69, 9.17) is 0 Å². The number of nitrogens with zero attached hydrogens (tertiary/aromatic N) is 1. The Morgan fingerprint density at radius 2 is 2.30 bits per heavy atom. The van der Waals surface area contributed by atoms with Crippen molar-refractivity contribution >= 4 is 32.3 Å². The Kier molecular flexibility index (Phi) is 2.61. The third kappa shape index (κ3) is 1.18. The molecule has 0 aliphatic rings. The molecule has 0 atom stereocenters. The van der Waals surface area contributed by atoms with Gasteiger partial charge in [-0.25, -0.2) is 0 Å². The number of rotatable bonds is 0. The zero-order valence-electron chi connectivity index (χ0n) is 5.23. The Morgan fingerprint density at radius 1 is 1.50 bits per heavy atom. The van der Waals surface area contributed by atoms with Crippen molar-refractivity contribution in [3.8, 4) is 0 Å². The summed E-state index contributed by atoms with van der Waals surface area (Å²) in [5.74, 6) is 0. The first-order chi connectivity index (χ1) is 4.38. The van der Waals surface area contributed by atoms with E-state index >= 15 is 0 Å². The predicted molar refractivity (Wildman–Crippen MR) is 42.2 cm³/mol. The number of aromatic nitrogens is 1. The molecular formula is C6H5NPtS2. The zero-order valence-corrected chi connectivity index (χ0v) is 9.14. The van der Waals surface area contributed by atoms with Crippen LogP contribution in [0.15, 0.2) is 11.4 Å². The molecular weight excluding hydrogens is 345 g/mol. The van der Waals surface area contributed by atoms with Crippen LogP contribution in [0.25, 0.3) is 9.40 Å². The third-order valence-corrected chi connectivity index (χ3v) is 3.25. The van der Waals surface area contributed by atoms with Gasteiger partial charge in [-0.2, -0.15) is 4.37 Å². The van der Waals surface area contributed by atoms with Crippen molar-refractivity contribution in [2.45, 2.75) is 6.92 Å². The minimum atomic E-state index is 0. The molecule has 0 aliphatic heterocycles. The molecule has 2 aromatic heterocycles. The van der Waals surface area contributed by atoms with Crippen LogP contribution < -0.4 is 0 Å². The third-order valence-electron chi connectivity index (χ3n) is 1.28. The number of hydrogen-bond donors (Lipinski definition) is 0. The summed E-state index contributed by atoms with van der Waals surface area (Å²) in [6.45, 7) is 2.05. The van der Waals surface area contributed by atoms with Gasteiger partial charge in [-0.05, 0) is 29.9 Å². The molecule has 0 aliphatic carbocycles. The maximum atomic E-state index is 4.21. The fourth-order valence-electron chi connectivity index (χ4n) is 0.793. The summed E-state index contributed by atoms with van der Waals surface area (Å²) in [5, 5.41) is 3.43. The van der Waals surface area contributed by atoms with E-state index in [9.17, 15) is 0 Å². The normalized spacial score (nSPS) is 9.70. The molecule has 0 fully saturated rings. The molecule has 10 heavy (non-hydrogen) atoms. The SMILES string of the molecule is Cc1nsc2sccc12.[Pt]. The molecule has 0 radical (unpaired) electrons. The van der Waals surface area contributed by atoms with Crippen molar-refractivity contribution in [1.82, 2.24) is 4.37 Å². The molecule has 0 amide bonds. The average Bonchev–Trinajstić information content (AvgIpc) is 2.35. The van der Waals surface area contributed by atoms with Crippen molar-refractivity contribution in [3.05, 3.63) is 17.1 Å². The minimum absolute atomic E-state index is 0. The summed E-state index contributed by atoms with van der Waals surface area (Å²) < 4.78 is 5.55. The van der Waals surface area contributed by atoms with E-state index in [-0.39, 0.29) is 21.1 Å². The zero-order chi connectivity index (χ0) is 6.27. The summed E-state index contributed by atoms with van der Waals surface area (Å²) >= 11 is 3.35. The minimum Gasteiger partial charge on any atom is -0.196 e. The molecule has 0 unspecified atom stereocenters. The van der Waals surface area contributed by atoms with E-state index in [2.05, 4.69) is 15.8 Å². The van der Waals surface area contributed by atoms with Crippen LogP contribution in [0.1, 0.15) is 5.69 Å². The van der Waals surface area contributed by atoms with Gasteiger partial charge >= 0.3 is 0 Å². The van der Waals surface area contributed by atoms with Gasteiger partial charge in [-0.3, -0.25) is 0 Å². The van der Waals surface area contributed by atoms with Gasteiger partial charge in [0.05, 0.1) is 5.69 Å². The van der Waals surface area contributed by atoms with Gasteiger partial charge in [0.15, 0.2) is 0 Å². The van der Waals surface area contributed by atoms with Crippen LogP contribution in [0.4, 0.5) is 0 Å². The molecule has 0 N–H and O–H groups in total. The molecule has 0 saturated carbocycles. The van der Waals surface area contributed by atoms with Crippen LogP contribution >= 0.6 is 22.9 Å². The van der Waals surface area contributed by atoms with Gasteiger partial charge < -0.3 is 0 Å². The Bertz CT molecular complexity index is 325. The molecule has 4 heteroatoms. The first kappa shape index (κ1) is 8.38. The first-order valence-electron chi connectivity index (χ1n) is 2.67. The van der Waals surface area contributed by atoms with Crippen LogP contribution in [-0.4, -0.2) is 4.37 Å². The van der Waals surface area contributed by atoms with E-state index in [0.717, 1.165) is 5.69 Å². The molecule has 1 nitrogen and oxygen atoms in total. The monoisotopic (exact) mass is 350 g/mol. The predicted octanol–water partition coefficient (Wildman–Crippen LogP) is 2.66. The van der Waals surface area contributed by atoms with Crippen molar-refractivity contribution in [1.29, 1.82) is 0 Å². The Morgan fingerprint density at radius 3 is 3.00 bits per heavy atom. The van der Waals surface area contributed by atoms with Crippen LogP contribution in [-0.2, 0) is 21.1 Å². The quantitative estimate of drug-likeness (QED) is 0.712. The molecule has 2 rings (SSSR count). The van der Waals surface area contributed by atoms with E-state index in [1.807, 2.05) is 6.92 Å². The van der Waals surface area contributed by atoms with Crippen LogP contribution in [0, 0.1) is 6.92 Å². The second-order valence-corrected chi connectivity index (χ2v) is 3.84. The Labute approximate surface area is 81.5 Å². The molecule has 56 valence electrons. The summed E-state index contributed by atoms with van der Waals surface area (Å²) in [6, 6.07) is 2.12. The second-order valence-electron chi connectivity index (χ2n) is 1.89. The molecule has 0 aromatic carbocycles. The van der Waals surface area contributed by atoms with Gasteiger partial charge in [-0.15, -0.1) is 11.3 Å². The first-order valence-corrected chi connectivity index (χ1v) is 4.33. The topological polar surface area (TPSA) is 12.9 Å². The number of aryl methyl sites for hydroxylation is 1. The second kappa shape index (κ2) is 3.12. The van der Waals surface area contributed by atoms with Gasteiger partial charge in [0, 0.05) is 26.5 Å². The van der Waals surface area contributed by atoms with E-state index < -0.39 is 0 Å². The maximum Gasteiger partial charge on any atom is 0.107 e. The van der Waals surface area contributed by atoms with E-state index in [1.165, 1.54) is 9.40 Å². The largest absolute Gasteiger partial charge is 0.196 e. The average molecular weight is 350 g/mol. The molecule has 2 aromatic rings. The standard InChI is InChI=1S/C6H5NS2.Pt/c1-4-5-2-3-8-6(5)9-7-4;/h2-3H,1H3;. The summed E-state index contributed by atoms with van der Waals surface area (Å²) in [7, 11) is 0. The smallest absolute Gasteiger partial charge is 0.107 e. The van der Waals surface area contributed by atoms with Crippen molar-refractivity contribution in [3.63, 3.8) is 0 Å².